The minimum absolute atomic E-state index is 0.245. The zero-order valence-electron chi connectivity index (χ0n) is 14.8. The Bertz CT molecular complexity index is 737. The Morgan fingerprint density at radius 1 is 1.08 bits per heavy atom. The maximum Gasteiger partial charge on any atom is 0.161 e. The van der Waals surface area contributed by atoms with Gasteiger partial charge in [-0.05, 0) is 24.1 Å². The van der Waals surface area contributed by atoms with Gasteiger partial charge >= 0.3 is 0 Å². The van der Waals surface area contributed by atoms with E-state index in [4.69, 9.17) is 4.74 Å². The van der Waals surface area contributed by atoms with Gasteiger partial charge in [-0.25, -0.2) is 0 Å². The molecule has 0 N–H and O–H groups in total. The Morgan fingerprint density at radius 2 is 1.84 bits per heavy atom. The maximum atomic E-state index is 12.4. The molecule has 2 aromatic rings. The highest BCUT2D eigenvalue weighted by molar-refractivity contribution is 6.01. The van der Waals surface area contributed by atoms with Crippen molar-refractivity contribution in [2.75, 3.05) is 19.7 Å². The van der Waals surface area contributed by atoms with E-state index in [1.807, 2.05) is 36.4 Å². The van der Waals surface area contributed by atoms with Crippen molar-refractivity contribution >= 4 is 11.9 Å². The van der Waals surface area contributed by atoms with Gasteiger partial charge in [-0.2, -0.15) is 0 Å². The molecule has 0 atom stereocenters. The summed E-state index contributed by atoms with van der Waals surface area (Å²) in [7, 11) is 0. The van der Waals surface area contributed by atoms with E-state index in [1.165, 1.54) is 5.56 Å². The van der Waals surface area contributed by atoms with Crippen LogP contribution in [0.5, 0.6) is 5.75 Å². The van der Waals surface area contributed by atoms with Gasteiger partial charge in [0, 0.05) is 37.2 Å². The number of Topliss-reactive ketones (excluding diaryl/α,β-unsaturated/α-hetero) is 1. The summed E-state index contributed by atoms with van der Waals surface area (Å²) in [4.78, 5) is 14.7. The number of likely N-dealkylation sites (tertiary alicyclic amines) is 1. The van der Waals surface area contributed by atoms with Crippen molar-refractivity contribution in [3.05, 3.63) is 71.3 Å². The van der Waals surface area contributed by atoms with Gasteiger partial charge < -0.3 is 4.74 Å². The molecule has 0 amide bonds. The summed E-state index contributed by atoms with van der Waals surface area (Å²) in [5, 5.41) is 0. The number of carbonyl (C=O) groups is 1. The van der Waals surface area contributed by atoms with Crippen LogP contribution in [0.15, 0.2) is 60.2 Å². The van der Waals surface area contributed by atoms with Crippen molar-refractivity contribution in [3.8, 4) is 5.75 Å². The van der Waals surface area contributed by atoms with E-state index < -0.39 is 0 Å². The number of carbonyl (C=O) groups excluding carboxylic acids is 1. The fraction of sp³-hybridized carbons (Fsp3) is 0.318. The first-order valence-corrected chi connectivity index (χ1v) is 8.98. The average molecular weight is 335 g/mol. The quantitative estimate of drug-likeness (QED) is 0.736. The zero-order valence-corrected chi connectivity index (χ0v) is 14.8. The van der Waals surface area contributed by atoms with Crippen LogP contribution in [0.3, 0.4) is 0 Å². The summed E-state index contributed by atoms with van der Waals surface area (Å²) in [5.74, 6) is 1.10. The zero-order chi connectivity index (χ0) is 17.5. The third-order valence-corrected chi connectivity index (χ3v) is 4.37. The van der Waals surface area contributed by atoms with E-state index in [1.54, 1.807) is 0 Å². The molecular weight excluding hydrogens is 310 g/mol. The molecule has 3 heteroatoms. The lowest BCUT2D eigenvalue weighted by molar-refractivity contribution is -0.117. The van der Waals surface area contributed by atoms with E-state index >= 15 is 0 Å². The number of rotatable bonds is 6. The Labute approximate surface area is 149 Å². The van der Waals surface area contributed by atoms with Crippen LogP contribution in [0.4, 0.5) is 0 Å². The first kappa shape index (κ1) is 17.4. The van der Waals surface area contributed by atoms with E-state index in [-0.39, 0.29) is 5.78 Å². The lowest BCUT2D eigenvalue weighted by Gasteiger charge is -2.28. The van der Waals surface area contributed by atoms with Crippen molar-refractivity contribution < 1.29 is 9.53 Å². The van der Waals surface area contributed by atoms with Gasteiger partial charge in [0.05, 0.1) is 6.61 Å². The van der Waals surface area contributed by atoms with Gasteiger partial charge in [-0.15, -0.1) is 0 Å². The van der Waals surface area contributed by atoms with Gasteiger partial charge in [0.15, 0.2) is 5.78 Å². The second kappa shape index (κ2) is 8.63. The molecule has 1 fully saturated rings. The van der Waals surface area contributed by atoms with E-state index in [2.05, 4.69) is 36.1 Å². The van der Waals surface area contributed by atoms with Crippen molar-refractivity contribution in [1.29, 1.82) is 0 Å². The number of piperidine rings is 1. The minimum Gasteiger partial charge on any atom is -0.493 e. The monoisotopic (exact) mass is 335 g/mol. The number of ketones is 1. The smallest absolute Gasteiger partial charge is 0.161 e. The van der Waals surface area contributed by atoms with Crippen LogP contribution in [0.25, 0.3) is 6.08 Å². The SMILES string of the molecule is CCCOc1ccccc1/C=C1\CN(Cc2ccccc2)CCC1=O. The van der Waals surface area contributed by atoms with E-state index in [0.29, 0.717) is 19.6 Å². The Kier molecular flexibility index (Phi) is 6.02. The normalized spacial score (nSPS) is 17.0. The van der Waals surface area contributed by atoms with Crippen LogP contribution in [0.1, 0.15) is 30.9 Å². The standard InChI is InChI=1S/C22H25NO2/c1-2-14-25-22-11-7-6-10-19(22)15-20-17-23(13-12-21(20)24)16-18-8-4-3-5-9-18/h3-11,15H,2,12-14,16-17H2,1H3/b20-15+. The molecule has 2 aromatic carbocycles. The minimum atomic E-state index is 0.245. The second-order valence-corrected chi connectivity index (χ2v) is 6.43. The molecule has 0 aliphatic carbocycles. The highest BCUT2D eigenvalue weighted by Crippen LogP contribution is 2.24. The van der Waals surface area contributed by atoms with Crippen molar-refractivity contribution in [3.63, 3.8) is 0 Å². The molecule has 0 aromatic heterocycles. The molecule has 0 bridgehead atoms. The summed E-state index contributed by atoms with van der Waals surface area (Å²) in [5.41, 5.74) is 3.14. The molecule has 1 saturated heterocycles. The van der Waals surface area contributed by atoms with Gasteiger partial charge in [0.25, 0.3) is 0 Å². The molecule has 0 saturated carbocycles. The fourth-order valence-corrected chi connectivity index (χ4v) is 3.06. The van der Waals surface area contributed by atoms with Crippen LogP contribution in [0, 0.1) is 0 Å². The topological polar surface area (TPSA) is 29.5 Å². The first-order valence-electron chi connectivity index (χ1n) is 8.98. The molecule has 130 valence electrons. The van der Waals surface area contributed by atoms with E-state index in [9.17, 15) is 4.79 Å². The van der Waals surface area contributed by atoms with Crippen LogP contribution in [-0.2, 0) is 11.3 Å². The fourth-order valence-electron chi connectivity index (χ4n) is 3.06. The van der Waals surface area contributed by atoms with Crippen LogP contribution in [0.2, 0.25) is 0 Å². The second-order valence-electron chi connectivity index (χ2n) is 6.43. The Hall–Kier alpha value is -2.39. The first-order chi connectivity index (χ1) is 12.3. The molecule has 0 radical (unpaired) electrons. The highest BCUT2D eigenvalue weighted by Gasteiger charge is 2.21. The Balaban J connectivity index is 1.76. The van der Waals surface area contributed by atoms with Crippen molar-refractivity contribution in [2.24, 2.45) is 0 Å². The maximum absolute atomic E-state index is 12.4. The van der Waals surface area contributed by atoms with E-state index in [0.717, 1.165) is 36.4 Å². The largest absolute Gasteiger partial charge is 0.493 e. The van der Waals surface area contributed by atoms with Crippen LogP contribution >= 0.6 is 0 Å². The third-order valence-electron chi connectivity index (χ3n) is 4.37. The molecular formula is C22H25NO2. The lowest BCUT2D eigenvalue weighted by atomic mass is 9.99. The molecule has 0 spiro atoms. The lowest BCUT2D eigenvalue weighted by Crippen LogP contribution is -2.35. The van der Waals surface area contributed by atoms with Crippen LogP contribution in [-0.4, -0.2) is 30.4 Å². The number of para-hydroxylation sites is 1. The predicted octanol–water partition coefficient (Wildman–Crippen LogP) is 4.33. The van der Waals surface area contributed by atoms with Crippen molar-refractivity contribution in [1.82, 2.24) is 4.90 Å². The average Bonchev–Trinajstić information content (AvgIpc) is 2.64. The number of hydrogen-bond donors (Lipinski definition) is 0. The molecule has 0 unspecified atom stereocenters. The molecule has 3 nitrogen and oxygen atoms in total. The van der Waals surface area contributed by atoms with Gasteiger partial charge in [0.1, 0.15) is 5.75 Å². The molecule has 1 heterocycles. The highest BCUT2D eigenvalue weighted by atomic mass is 16.5. The summed E-state index contributed by atoms with van der Waals surface area (Å²) < 4.78 is 5.82. The molecule has 3 rings (SSSR count). The molecule has 1 aliphatic heterocycles. The molecule has 1 aliphatic rings. The summed E-state index contributed by atoms with van der Waals surface area (Å²) in [6, 6.07) is 18.4. The van der Waals surface area contributed by atoms with Gasteiger partial charge in [-0.1, -0.05) is 55.5 Å². The summed E-state index contributed by atoms with van der Waals surface area (Å²) in [6.07, 6.45) is 3.55. The third kappa shape index (κ3) is 4.80. The number of ether oxygens (including phenoxy) is 1. The van der Waals surface area contributed by atoms with Gasteiger partial charge in [-0.3, -0.25) is 9.69 Å². The summed E-state index contributed by atoms with van der Waals surface area (Å²) >= 11 is 0. The molecule has 25 heavy (non-hydrogen) atoms. The summed E-state index contributed by atoms with van der Waals surface area (Å²) in [6.45, 7) is 5.16. The predicted molar refractivity (Wildman–Crippen MR) is 102 cm³/mol. The number of hydrogen-bond acceptors (Lipinski definition) is 3. The number of benzene rings is 2. The van der Waals surface area contributed by atoms with Crippen LogP contribution < -0.4 is 4.74 Å². The Morgan fingerprint density at radius 3 is 2.64 bits per heavy atom. The number of nitrogens with zero attached hydrogens (tertiary/aromatic N) is 1. The van der Waals surface area contributed by atoms with Gasteiger partial charge in [0.2, 0.25) is 0 Å². The van der Waals surface area contributed by atoms with Crippen molar-refractivity contribution in [2.45, 2.75) is 26.3 Å².